The molecule has 0 saturated carbocycles. The standard InChI is InChI=1S/C34H40ClN3O6/c1-6-18-36(23-12-14-24(15-13-23)43-8-3)31(40)27-26-16-17-34(44-26)28(27)32(41)38(22(5)20-39)30(34)33(42)37(19-7-2)29-21(4)10-9-11-25(29)35/h6-7,9-15,22,26-28,30,39H,1-2,8,16-20H2,3-5H3/t22-,26+,27-,28+,30?,34?/m1/s1. The number of benzene rings is 2. The molecule has 0 aliphatic carbocycles. The Morgan fingerprint density at radius 1 is 1.16 bits per heavy atom. The second-order valence-electron chi connectivity index (χ2n) is 11.6. The molecule has 0 aromatic heterocycles. The Labute approximate surface area is 263 Å². The van der Waals surface area contributed by atoms with Gasteiger partial charge >= 0.3 is 0 Å². The molecule has 6 atom stereocenters. The van der Waals surface area contributed by atoms with Crippen molar-refractivity contribution in [3.8, 4) is 5.75 Å². The van der Waals surface area contributed by atoms with Gasteiger partial charge in [0.05, 0.1) is 47.9 Å². The van der Waals surface area contributed by atoms with Crippen molar-refractivity contribution in [3.63, 3.8) is 0 Å². The van der Waals surface area contributed by atoms with Gasteiger partial charge in [0.15, 0.2) is 0 Å². The van der Waals surface area contributed by atoms with Crippen molar-refractivity contribution in [1.82, 2.24) is 4.90 Å². The molecule has 3 amide bonds. The van der Waals surface area contributed by atoms with Crippen molar-refractivity contribution in [2.24, 2.45) is 11.8 Å². The molecular weight excluding hydrogens is 582 g/mol. The Balaban J connectivity index is 1.56. The van der Waals surface area contributed by atoms with E-state index in [1.165, 1.54) is 9.80 Å². The fourth-order valence-electron chi connectivity index (χ4n) is 7.27. The van der Waals surface area contributed by atoms with Crippen molar-refractivity contribution >= 4 is 40.7 Å². The summed E-state index contributed by atoms with van der Waals surface area (Å²) in [7, 11) is 0. The average molecular weight is 622 g/mol. The molecule has 3 heterocycles. The lowest BCUT2D eigenvalue weighted by Gasteiger charge is -2.39. The zero-order valence-corrected chi connectivity index (χ0v) is 26.2. The number of fused-ring (bicyclic) bond motifs is 1. The van der Waals surface area contributed by atoms with E-state index in [0.717, 1.165) is 5.56 Å². The van der Waals surface area contributed by atoms with Crippen molar-refractivity contribution in [2.75, 3.05) is 36.1 Å². The zero-order chi connectivity index (χ0) is 31.8. The molecule has 5 rings (SSSR count). The molecule has 2 aromatic rings. The number of carbonyl (C=O) groups is 3. The second-order valence-corrected chi connectivity index (χ2v) is 12.0. The molecule has 3 aliphatic rings. The molecule has 9 nitrogen and oxygen atoms in total. The highest BCUT2D eigenvalue weighted by Crippen LogP contribution is 2.59. The lowest BCUT2D eigenvalue weighted by Crippen LogP contribution is -2.58. The van der Waals surface area contributed by atoms with Crippen LogP contribution in [0.25, 0.3) is 0 Å². The maximum atomic E-state index is 14.7. The van der Waals surface area contributed by atoms with Gasteiger partial charge in [-0.25, -0.2) is 0 Å². The first-order valence-electron chi connectivity index (χ1n) is 15.1. The van der Waals surface area contributed by atoms with E-state index in [2.05, 4.69) is 13.2 Å². The van der Waals surface area contributed by atoms with E-state index in [-0.39, 0.29) is 37.4 Å². The Morgan fingerprint density at radius 2 is 1.84 bits per heavy atom. The first-order chi connectivity index (χ1) is 21.1. The molecule has 10 heteroatoms. The first-order valence-corrected chi connectivity index (χ1v) is 15.5. The molecule has 0 radical (unpaired) electrons. The Kier molecular flexibility index (Phi) is 9.20. The van der Waals surface area contributed by atoms with Crippen LogP contribution in [0.4, 0.5) is 11.4 Å². The van der Waals surface area contributed by atoms with Crippen molar-refractivity contribution in [3.05, 3.63) is 78.4 Å². The van der Waals surface area contributed by atoms with Gasteiger partial charge in [0.25, 0.3) is 5.91 Å². The smallest absolute Gasteiger partial charge is 0.253 e. The molecule has 3 saturated heterocycles. The van der Waals surface area contributed by atoms with Crippen molar-refractivity contribution in [2.45, 2.75) is 57.4 Å². The Hall–Kier alpha value is -3.66. The first kappa shape index (κ1) is 31.8. The summed E-state index contributed by atoms with van der Waals surface area (Å²) in [6.07, 6.45) is 3.65. The minimum absolute atomic E-state index is 0.146. The monoisotopic (exact) mass is 621 g/mol. The molecule has 2 bridgehead atoms. The van der Waals surface area contributed by atoms with Crippen molar-refractivity contribution < 1.29 is 29.0 Å². The van der Waals surface area contributed by atoms with Gasteiger partial charge in [0.1, 0.15) is 17.4 Å². The van der Waals surface area contributed by atoms with E-state index >= 15 is 0 Å². The highest BCUT2D eigenvalue weighted by atomic mass is 35.5. The summed E-state index contributed by atoms with van der Waals surface area (Å²) in [5, 5.41) is 10.6. The fraction of sp³-hybridized carbons (Fsp3) is 0.441. The maximum absolute atomic E-state index is 14.7. The third-order valence-electron chi connectivity index (χ3n) is 9.07. The van der Waals surface area contributed by atoms with Gasteiger partial charge in [-0.2, -0.15) is 0 Å². The summed E-state index contributed by atoms with van der Waals surface area (Å²) in [4.78, 5) is 48.1. The third kappa shape index (κ3) is 5.10. The second kappa shape index (κ2) is 12.8. The normalized spacial score (nSPS) is 25.8. The lowest BCUT2D eigenvalue weighted by molar-refractivity contribution is -0.143. The average Bonchev–Trinajstić information content (AvgIpc) is 3.66. The summed E-state index contributed by atoms with van der Waals surface area (Å²) >= 11 is 6.62. The Morgan fingerprint density at radius 3 is 2.45 bits per heavy atom. The largest absolute Gasteiger partial charge is 0.494 e. The van der Waals surface area contributed by atoms with Crippen LogP contribution in [0.3, 0.4) is 0 Å². The molecular formula is C34H40ClN3O6. The summed E-state index contributed by atoms with van der Waals surface area (Å²) < 4.78 is 12.2. The number of aliphatic hydroxyl groups is 1. The summed E-state index contributed by atoms with van der Waals surface area (Å²) in [5.74, 6) is -2.06. The van der Waals surface area contributed by atoms with Gasteiger partial charge in [-0.3, -0.25) is 14.4 Å². The third-order valence-corrected chi connectivity index (χ3v) is 9.37. The van der Waals surface area contributed by atoms with E-state index in [1.54, 1.807) is 54.3 Å². The number of aryl methyl sites for hydroxylation is 1. The number of carbonyl (C=O) groups excluding carboxylic acids is 3. The number of likely N-dealkylation sites (tertiary alicyclic amines) is 1. The topological polar surface area (TPSA) is 99.6 Å². The van der Waals surface area contributed by atoms with E-state index in [4.69, 9.17) is 21.1 Å². The maximum Gasteiger partial charge on any atom is 0.253 e. The van der Waals surface area contributed by atoms with Crippen LogP contribution < -0.4 is 14.5 Å². The van der Waals surface area contributed by atoms with Crippen LogP contribution in [0.5, 0.6) is 5.75 Å². The predicted molar refractivity (Wildman–Crippen MR) is 170 cm³/mol. The van der Waals surface area contributed by atoms with Crippen LogP contribution in [-0.4, -0.2) is 77.8 Å². The Bertz CT molecular complexity index is 1430. The number of amides is 3. The van der Waals surface area contributed by atoms with E-state index in [0.29, 0.717) is 41.6 Å². The van der Waals surface area contributed by atoms with Crippen molar-refractivity contribution in [1.29, 1.82) is 0 Å². The van der Waals surface area contributed by atoms with Gasteiger partial charge in [-0.05, 0) is 69.5 Å². The number of aliphatic hydroxyl groups excluding tert-OH is 1. The number of ether oxygens (including phenoxy) is 2. The molecule has 3 fully saturated rings. The van der Waals surface area contributed by atoms with Gasteiger partial charge in [0.2, 0.25) is 11.8 Å². The number of halogens is 1. The minimum atomic E-state index is -1.24. The molecule has 2 unspecified atom stereocenters. The quantitative estimate of drug-likeness (QED) is 0.350. The van der Waals surface area contributed by atoms with Crippen LogP contribution in [0.15, 0.2) is 67.8 Å². The molecule has 1 N–H and O–H groups in total. The van der Waals surface area contributed by atoms with Crippen LogP contribution in [0, 0.1) is 18.8 Å². The van der Waals surface area contributed by atoms with Crippen LogP contribution in [-0.2, 0) is 19.1 Å². The van der Waals surface area contributed by atoms with Crippen LogP contribution in [0.1, 0.15) is 32.3 Å². The molecule has 234 valence electrons. The number of anilines is 2. The summed E-state index contributed by atoms with van der Waals surface area (Å²) in [6.45, 7) is 13.7. The van der Waals surface area contributed by atoms with Gasteiger partial charge in [0, 0.05) is 18.8 Å². The number of nitrogens with zero attached hydrogens (tertiary/aromatic N) is 3. The molecule has 44 heavy (non-hydrogen) atoms. The van der Waals surface area contributed by atoms with Crippen LogP contribution in [0.2, 0.25) is 5.02 Å². The number of hydrogen-bond donors (Lipinski definition) is 1. The lowest BCUT2D eigenvalue weighted by atomic mass is 9.70. The SMILES string of the molecule is C=CCN(C(=O)[C@@H]1[C@@H]2CCC3(O2)C(C(=O)N(CC=C)c2c(C)cccc2Cl)N([C@H](C)CO)C(=O)[C@H]13)c1ccc(OCC)cc1. The van der Waals surface area contributed by atoms with E-state index in [1.807, 2.05) is 26.0 Å². The number of rotatable bonds is 12. The highest BCUT2D eigenvalue weighted by molar-refractivity contribution is 6.34. The predicted octanol–water partition coefficient (Wildman–Crippen LogP) is 4.54. The highest BCUT2D eigenvalue weighted by Gasteiger charge is 2.75. The van der Waals surface area contributed by atoms with Gasteiger partial charge in [-0.15, -0.1) is 13.2 Å². The van der Waals surface area contributed by atoms with Gasteiger partial charge < -0.3 is 29.3 Å². The van der Waals surface area contributed by atoms with Gasteiger partial charge in [-0.1, -0.05) is 35.9 Å². The number of hydrogen-bond acceptors (Lipinski definition) is 6. The van der Waals surface area contributed by atoms with E-state index in [9.17, 15) is 19.5 Å². The van der Waals surface area contributed by atoms with Crippen LogP contribution >= 0.6 is 11.6 Å². The minimum Gasteiger partial charge on any atom is -0.494 e. The fourth-order valence-corrected chi connectivity index (χ4v) is 7.59. The summed E-state index contributed by atoms with van der Waals surface area (Å²) in [6, 6.07) is 10.8. The number of para-hydroxylation sites is 1. The molecule has 1 spiro atoms. The molecule has 3 aliphatic heterocycles. The summed E-state index contributed by atoms with van der Waals surface area (Å²) in [5.41, 5.74) is 0.708. The molecule has 2 aromatic carbocycles. The van der Waals surface area contributed by atoms with E-state index < -0.39 is 35.6 Å². The zero-order valence-electron chi connectivity index (χ0n) is 25.4.